The molecule has 1 saturated carbocycles. The van der Waals surface area contributed by atoms with E-state index in [9.17, 15) is 0 Å². The number of ether oxygens (including phenoxy) is 1. The normalized spacial score (nSPS) is 25.0. The van der Waals surface area contributed by atoms with E-state index in [1.54, 1.807) is 0 Å². The van der Waals surface area contributed by atoms with E-state index < -0.39 is 0 Å². The Hall–Kier alpha value is -0.770. The largest absolute Gasteiger partial charge is 0.376 e. The minimum atomic E-state index is 0.342. The molecule has 1 aliphatic carbocycles. The van der Waals surface area contributed by atoms with Gasteiger partial charge in [0.25, 0.3) is 0 Å². The summed E-state index contributed by atoms with van der Waals surface area (Å²) in [5.74, 6) is 1.92. The Morgan fingerprint density at radius 3 is 2.82 bits per heavy atom. The van der Waals surface area contributed by atoms with E-state index in [2.05, 4.69) is 22.5 Å². The molecule has 4 nitrogen and oxygen atoms in total. The molecule has 0 amide bonds. The van der Waals surface area contributed by atoms with Crippen LogP contribution >= 0.6 is 0 Å². The highest BCUT2D eigenvalue weighted by atomic mass is 16.5. The van der Waals surface area contributed by atoms with Crippen molar-refractivity contribution in [2.24, 2.45) is 10.9 Å². The van der Waals surface area contributed by atoms with Crippen LogP contribution in [0.1, 0.15) is 39.0 Å². The van der Waals surface area contributed by atoms with Gasteiger partial charge in [0.1, 0.15) is 0 Å². The number of nitrogens with zero attached hydrogens (tertiary/aromatic N) is 1. The van der Waals surface area contributed by atoms with Gasteiger partial charge in [0.15, 0.2) is 5.96 Å². The first-order valence-electron chi connectivity index (χ1n) is 7.02. The molecule has 0 aromatic carbocycles. The summed E-state index contributed by atoms with van der Waals surface area (Å²) in [6.07, 6.45) is 6.81. The predicted octanol–water partition coefficient (Wildman–Crippen LogP) is 1.52. The fourth-order valence-electron chi connectivity index (χ4n) is 2.12. The predicted molar refractivity (Wildman–Crippen MR) is 70.3 cm³/mol. The van der Waals surface area contributed by atoms with Crippen molar-refractivity contribution in [2.75, 3.05) is 26.2 Å². The third kappa shape index (κ3) is 4.94. The van der Waals surface area contributed by atoms with Crippen molar-refractivity contribution < 1.29 is 4.74 Å². The number of rotatable bonds is 6. The maximum Gasteiger partial charge on any atom is 0.191 e. The maximum absolute atomic E-state index is 5.57. The summed E-state index contributed by atoms with van der Waals surface area (Å²) in [7, 11) is 0. The monoisotopic (exact) mass is 239 g/mol. The highest BCUT2D eigenvalue weighted by molar-refractivity contribution is 5.79. The first-order chi connectivity index (χ1) is 8.38. The molecule has 2 aliphatic rings. The summed E-state index contributed by atoms with van der Waals surface area (Å²) in [5.41, 5.74) is 0. The Labute approximate surface area is 104 Å². The van der Waals surface area contributed by atoms with Crippen molar-refractivity contribution >= 4 is 5.96 Å². The lowest BCUT2D eigenvalue weighted by Crippen LogP contribution is -2.38. The zero-order chi connectivity index (χ0) is 11.9. The first kappa shape index (κ1) is 12.7. The zero-order valence-corrected chi connectivity index (χ0v) is 10.9. The Kier molecular flexibility index (Phi) is 5.10. The second kappa shape index (κ2) is 6.84. The number of aliphatic imine (C=N–C) groups is 1. The van der Waals surface area contributed by atoms with E-state index in [4.69, 9.17) is 4.74 Å². The molecule has 1 atom stereocenters. The summed E-state index contributed by atoms with van der Waals surface area (Å²) in [6, 6.07) is 0. The van der Waals surface area contributed by atoms with Crippen LogP contribution in [0.5, 0.6) is 0 Å². The second-order valence-electron chi connectivity index (χ2n) is 5.01. The number of hydrogen-bond acceptors (Lipinski definition) is 2. The van der Waals surface area contributed by atoms with Gasteiger partial charge in [-0.05, 0) is 32.1 Å². The fraction of sp³-hybridized carbons (Fsp3) is 0.923. The molecule has 2 fully saturated rings. The number of hydrogen-bond donors (Lipinski definition) is 2. The fourth-order valence-corrected chi connectivity index (χ4v) is 2.12. The quantitative estimate of drug-likeness (QED) is 0.546. The Bertz CT molecular complexity index is 245. The van der Waals surface area contributed by atoms with Gasteiger partial charge in [-0.15, -0.1) is 0 Å². The molecule has 17 heavy (non-hydrogen) atoms. The number of nitrogens with one attached hydrogen (secondary N) is 2. The highest BCUT2D eigenvalue weighted by Gasteiger charge is 2.20. The third-order valence-electron chi connectivity index (χ3n) is 3.36. The molecule has 1 heterocycles. The smallest absolute Gasteiger partial charge is 0.191 e. The lowest BCUT2D eigenvalue weighted by molar-refractivity contribution is 0.117. The lowest BCUT2D eigenvalue weighted by Gasteiger charge is -2.12. The van der Waals surface area contributed by atoms with Crippen molar-refractivity contribution in [2.45, 2.75) is 45.1 Å². The van der Waals surface area contributed by atoms with E-state index in [1.807, 2.05) is 0 Å². The molecule has 0 aromatic rings. The van der Waals surface area contributed by atoms with Crippen LogP contribution < -0.4 is 10.6 Å². The molecule has 0 bridgehead atoms. The summed E-state index contributed by atoms with van der Waals surface area (Å²) >= 11 is 0. The molecule has 0 spiro atoms. The van der Waals surface area contributed by atoms with Crippen LogP contribution in [0.25, 0.3) is 0 Å². The van der Waals surface area contributed by atoms with E-state index in [1.165, 1.54) is 25.7 Å². The molecular formula is C13H25N3O. The van der Waals surface area contributed by atoms with Gasteiger partial charge in [-0.3, -0.25) is 4.99 Å². The van der Waals surface area contributed by atoms with Gasteiger partial charge in [0, 0.05) is 19.7 Å². The molecule has 1 saturated heterocycles. The van der Waals surface area contributed by atoms with Crippen LogP contribution in [0.4, 0.5) is 0 Å². The average molecular weight is 239 g/mol. The molecule has 2 N–H and O–H groups in total. The van der Waals surface area contributed by atoms with Crippen molar-refractivity contribution in [3.8, 4) is 0 Å². The SMILES string of the molecule is CCNC(=NCC1CCCO1)NCCC1CC1. The van der Waals surface area contributed by atoms with Gasteiger partial charge in [-0.2, -0.15) is 0 Å². The van der Waals surface area contributed by atoms with E-state index in [-0.39, 0.29) is 0 Å². The molecule has 4 heteroatoms. The topological polar surface area (TPSA) is 45.7 Å². The number of guanidine groups is 1. The van der Waals surface area contributed by atoms with Gasteiger partial charge in [-0.25, -0.2) is 0 Å². The summed E-state index contributed by atoms with van der Waals surface area (Å²) < 4.78 is 5.57. The lowest BCUT2D eigenvalue weighted by atomic mass is 10.2. The molecule has 2 rings (SSSR count). The Morgan fingerprint density at radius 1 is 1.29 bits per heavy atom. The van der Waals surface area contributed by atoms with Crippen LogP contribution in [-0.4, -0.2) is 38.3 Å². The standard InChI is InChI=1S/C13H25N3O/c1-2-14-13(15-8-7-11-5-6-11)16-10-12-4-3-9-17-12/h11-12H,2-10H2,1H3,(H2,14,15,16). The van der Waals surface area contributed by atoms with Crippen molar-refractivity contribution in [3.63, 3.8) is 0 Å². The minimum Gasteiger partial charge on any atom is -0.376 e. The van der Waals surface area contributed by atoms with Crippen LogP contribution in [0, 0.1) is 5.92 Å². The van der Waals surface area contributed by atoms with E-state index in [0.29, 0.717) is 6.10 Å². The average Bonchev–Trinajstić information content (AvgIpc) is 3.00. The first-order valence-corrected chi connectivity index (χ1v) is 7.02. The molecule has 1 unspecified atom stereocenters. The third-order valence-corrected chi connectivity index (χ3v) is 3.36. The molecular weight excluding hydrogens is 214 g/mol. The maximum atomic E-state index is 5.57. The zero-order valence-electron chi connectivity index (χ0n) is 10.9. The van der Waals surface area contributed by atoms with Crippen LogP contribution in [0.15, 0.2) is 4.99 Å². The molecule has 1 aliphatic heterocycles. The van der Waals surface area contributed by atoms with Gasteiger partial charge in [0.05, 0.1) is 12.6 Å². The van der Waals surface area contributed by atoms with Gasteiger partial charge in [-0.1, -0.05) is 12.8 Å². The Morgan fingerprint density at radius 2 is 2.18 bits per heavy atom. The van der Waals surface area contributed by atoms with Gasteiger partial charge in [0.2, 0.25) is 0 Å². The van der Waals surface area contributed by atoms with Gasteiger partial charge >= 0.3 is 0 Å². The van der Waals surface area contributed by atoms with Crippen molar-refractivity contribution in [1.82, 2.24) is 10.6 Å². The molecule has 0 radical (unpaired) electrons. The van der Waals surface area contributed by atoms with Crippen molar-refractivity contribution in [1.29, 1.82) is 0 Å². The van der Waals surface area contributed by atoms with Gasteiger partial charge < -0.3 is 15.4 Å². The second-order valence-corrected chi connectivity index (χ2v) is 5.01. The van der Waals surface area contributed by atoms with Crippen molar-refractivity contribution in [3.05, 3.63) is 0 Å². The summed E-state index contributed by atoms with van der Waals surface area (Å²) in [4.78, 5) is 4.58. The minimum absolute atomic E-state index is 0.342. The van der Waals surface area contributed by atoms with E-state index >= 15 is 0 Å². The van der Waals surface area contributed by atoms with Crippen LogP contribution in [0.3, 0.4) is 0 Å². The summed E-state index contributed by atoms with van der Waals surface area (Å²) in [5, 5.41) is 6.68. The Balaban J connectivity index is 1.66. The molecule has 98 valence electrons. The summed E-state index contributed by atoms with van der Waals surface area (Å²) in [6.45, 7) is 5.76. The molecule has 0 aromatic heterocycles. The highest BCUT2D eigenvalue weighted by Crippen LogP contribution is 2.31. The van der Waals surface area contributed by atoms with E-state index in [0.717, 1.165) is 44.5 Å². The van der Waals surface area contributed by atoms with Crippen LogP contribution in [-0.2, 0) is 4.74 Å². The van der Waals surface area contributed by atoms with Crippen LogP contribution in [0.2, 0.25) is 0 Å².